The normalized spacial score (nSPS) is 15.8. The van der Waals surface area contributed by atoms with Gasteiger partial charge >= 0.3 is 6.09 Å². The van der Waals surface area contributed by atoms with Crippen molar-refractivity contribution in [1.29, 1.82) is 0 Å². The van der Waals surface area contributed by atoms with E-state index in [1.807, 2.05) is 30.3 Å². The maximum Gasteiger partial charge on any atom is 0.411 e. The Bertz CT molecular complexity index is 871. The van der Waals surface area contributed by atoms with Crippen LogP contribution >= 0.6 is 11.6 Å². The Morgan fingerprint density at radius 3 is 2.60 bits per heavy atom. The van der Waals surface area contributed by atoms with E-state index in [1.54, 1.807) is 12.1 Å². The number of anilines is 2. The summed E-state index contributed by atoms with van der Waals surface area (Å²) in [6.07, 6.45) is -0.0359. The van der Waals surface area contributed by atoms with E-state index in [4.69, 9.17) is 16.3 Å². The van der Waals surface area contributed by atoms with Gasteiger partial charge in [-0.2, -0.15) is 0 Å². The zero-order valence-electron chi connectivity index (χ0n) is 13.3. The first-order chi connectivity index (χ1) is 12.0. The minimum atomic E-state index is -3.30. The number of hydrogen-bond donors (Lipinski definition) is 1. The number of ether oxygens (including phenoxy) is 1. The average molecular weight is 381 g/mol. The molecule has 3 rings (SSSR count). The van der Waals surface area contributed by atoms with E-state index in [0.29, 0.717) is 24.3 Å². The van der Waals surface area contributed by atoms with Crippen LogP contribution in [0, 0.1) is 0 Å². The maximum absolute atomic E-state index is 12.0. The lowest BCUT2D eigenvalue weighted by Gasteiger charge is -2.19. The second-order valence-corrected chi connectivity index (χ2v) is 8.01. The Kier molecular flexibility index (Phi) is 5.15. The second kappa shape index (κ2) is 7.33. The topological polar surface area (TPSA) is 75.7 Å². The van der Waals surface area contributed by atoms with Crippen molar-refractivity contribution < 1.29 is 17.9 Å². The van der Waals surface area contributed by atoms with Crippen LogP contribution in [-0.4, -0.2) is 26.8 Å². The van der Waals surface area contributed by atoms with E-state index in [2.05, 4.69) is 5.32 Å². The molecule has 1 aliphatic rings. The summed E-state index contributed by atoms with van der Waals surface area (Å²) in [6.45, 7) is 0.568. The Balaban J connectivity index is 1.64. The lowest BCUT2D eigenvalue weighted by atomic mass is 10.2. The standard InChI is InChI=1S/C17H17ClN2O4S/c18-15-11-14(7-8-16(15)20-9-4-10-25(20,22)23)19-17(21)24-12-13-5-2-1-3-6-13/h1-3,5-8,11H,4,9-10,12H2,(H,19,21). The van der Waals surface area contributed by atoms with Crippen LogP contribution in [0.2, 0.25) is 5.02 Å². The van der Waals surface area contributed by atoms with E-state index in [9.17, 15) is 13.2 Å². The van der Waals surface area contributed by atoms with Crippen LogP contribution < -0.4 is 9.62 Å². The van der Waals surface area contributed by atoms with Crippen LogP contribution in [0.15, 0.2) is 48.5 Å². The molecule has 0 unspecified atom stereocenters. The summed E-state index contributed by atoms with van der Waals surface area (Å²) in [7, 11) is -3.30. The average Bonchev–Trinajstić information content (AvgIpc) is 2.93. The fourth-order valence-corrected chi connectivity index (χ4v) is 4.49. The molecule has 0 saturated carbocycles. The molecule has 2 aromatic carbocycles. The van der Waals surface area contributed by atoms with E-state index in [1.165, 1.54) is 10.4 Å². The van der Waals surface area contributed by atoms with Crippen molar-refractivity contribution >= 4 is 39.1 Å². The quantitative estimate of drug-likeness (QED) is 0.878. The van der Waals surface area contributed by atoms with Crippen molar-refractivity contribution in [3.8, 4) is 0 Å². The molecule has 2 aromatic rings. The molecule has 132 valence electrons. The van der Waals surface area contributed by atoms with Crippen molar-refractivity contribution in [3.05, 3.63) is 59.1 Å². The third-order valence-corrected chi connectivity index (χ3v) is 5.93. The lowest BCUT2D eigenvalue weighted by molar-refractivity contribution is 0.155. The molecule has 1 heterocycles. The summed E-state index contributed by atoms with van der Waals surface area (Å²) >= 11 is 6.19. The molecule has 0 spiro atoms. The highest BCUT2D eigenvalue weighted by molar-refractivity contribution is 7.93. The molecule has 1 fully saturated rings. The third kappa shape index (κ3) is 4.24. The number of rotatable bonds is 4. The van der Waals surface area contributed by atoms with E-state index >= 15 is 0 Å². The van der Waals surface area contributed by atoms with Gasteiger partial charge in [0.25, 0.3) is 0 Å². The molecule has 0 radical (unpaired) electrons. The number of sulfonamides is 1. The fourth-order valence-electron chi connectivity index (χ4n) is 2.57. The molecule has 0 atom stereocenters. The summed E-state index contributed by atoms with van der Waals surface area (Å²) < 4.78 is 30.4. The molecule has 0 bridgehead atoms. The molecule has 1 N–H and O–H groups in total. The summed E-state index contributed by atoms with van der Waals surface area (Å²) in [5.41, 5.74) is 1.73. The van der Waals surface area contributed by atoms with Crippen molar-refractivity contribution in [2.24, 2.45) is 0 Å². The summed E-state index contributed by atoms with van der Waals surface area (Å²) in [5, 5.41) is 2.83. The number of nitrogens with zero attached hydrogens (tertiary/aromatic N) is 1. The molecule has 0 aromatic heterocycles. The van der Waals surface area contributed by atoms with Crippen molar-refractivity contribution in [3.63, 3.8) is 0 Å². The number of amides is 1. The lowest BCUT2D eigenvalue weighted by Crippen LogP contribution is -2.25. The van der Waals surface area contributed by atoms with E-state index in [-0.39, 0.29) is 17.4 Å². The highest BCUT2D eigenvalue weighted by Crippen LogP contribution is 2.33. The first-order valence-corrected chi connectivity index (χ1v) is 9.72. The van der Waals surface area contributed by atoms with Gasteiger partial charge in [0, 0.05) is 12.2 Å². The first-order valence-electron chi connectivity index (χ1n) is 7.73. The zero-order chi connectivity index (χ0) is 17.9. The van der Waals surface area contributed by atoms with Crippen LogP contribution in [-0.2, 0) is 21.4 Å². The molecular formula is C17H17ClN2O4S. The maximum atomic E-state index is 12.0. The Morgan fingerprint density at radius 1 is 1.20 bits per heavy atom. The molecule has 1 saturated heterocycles. The van der Waals surface area contributed by atoms with Gasteiger partial charge in [-0.1, -0.05) is 41.9 Å². The highest BCUT2D eigenvalue weighted by Gasteiger charge is 2.29. The molecule has 25 heavy (non-hydrogen) atoms. The zero-order valence-corrected chi connectivity index (χ0v) is 14.9. The SMILES string of the molecule is O=C(Nc1ccc(N2CCCS2(=O)=O)c(Cl)c1)OCc1ccccc1. The van der Waals surface area contributed by atoms with Gasteiger partial charge in [0.05, 0.1) is 16.5 Å². The molecule has 1 aliphatic heterocycles. The van der Waals surface area contributed by atoms with Crippen molar-refractivity contribution in [2.75, 3.05) is 21.9 Å². The van der Waals surface area contributed by atoms with Crippen molar-refractivity contribution in [1.82, 2.24) is 0 Å². The Labute approximate surface area is 151 Å². The fraction of sp³-hybridized carbons (Fsp3) is 0.235. The van der Waals surface area contributed by atoms with Gasteiger partial charge in [0.2, 0.25) is 10.0 Å². The summed E-state index contributed by atoms with van der Waals surface area (Å²) in [5.74, 6) is 0.120. The van der Waals surface area contributed by atoms with Gasteiger partial charge in [-0.05, 0) is 30.2 Å². The number of benzene rings is 2. The molecule has 1 amide bonds. The van der Waals surface area contributed by atoms with Gasteiger partial charge < -0.3 is 4.74 Å². The van der Waals surface area contributed by atoms with E-state index < -0.39 is 16.1 Å². The van der Waals surface area contributed by atoms with Gasteiger partial charge in [0.1, 0.15) is 6.61 Å². The van der Waals surface area contributed by atoms with Crippen LogP contribution in [0.1, 0.15) is 12.0 Å². The minimum Gasteiger partial charge on any atom is -0.444 e. The molecular weight excluding hydrogens is 364 g/mol. The largest absolute Gasteiger partial charge is 0.444 e. The molecule has 8 heteroatoms. The third-order valence-electron chi connectivity index (χ3n) is 3.77. The van der Waals surface area contributed by atoms with Crippen LogP contribution in [0.4, 0.5) is 16.2 Å². The molecule has 6 nitrogen and oxygen atoms in total. The van der Waals surface area contributed by atoms with E-state index in [0.717, 1.165) is 5.56 Å². The number of carbonyl (C=O) groups excluding carboxylic acids is 1. The van der Waals surface area contributed by atoms with Gasteiger partial charge in [-0.25, -0.2) is 13.2 Å². The predicted octanol–water partition coefficient (Wildman–Crippen LogP) is 3.63. The number of halogens is 1. The Morgan fingerprint density at radius 2 is 1.96 bits per heavy atom. The van der Waals surface area contributed by atoms with Gasteiger partial charge in [0.15, 0.2) is 0 Å². The Hall–Kier alpha value is -2.25. The van der Waals surface area contributed by atoms with Crippen LogP contribution in [0.5, 0.6) is 0 Å². The van der Waals surface area contributed by atoms with Crippen molar-refractivity contribution in [2.45, 2.75) is 13.0 Å². The number of nitrogens with one attached hydrogen (secondary N) is 1. The van der Waals surface area contributed by atoms with Gasteiger partial charge in [-0.3, -0.25) is 9.62 Å². The van der Waals surface area contributed by atoms with Crippen LogP contribution in [0.25, 0.3) is 0 Å². The summed E-state index contributed by atoms with van der Waals surface area (Å²) in [6, 6.07) is 14.0. The monoisotopic (exact) mass is 380 g/mol. The molecule has 0 aliphatic carbocycles. The minimum absolute atomic E-state index is 0.120. The van der Waals surface area contributed by atoms with Crippen LogP contribution in [0.3, 0.4) is 0 Å². The number of carbonyl (C=O) groups is 1. The first kappa shape index (κ1) is 17.6. The summed E-state index contributed by atoms with van der Waals surface area (Å²) in [4.78, 5) is 11.9. The smallest absolute Gasteiger partial charge is 0.411 e. The highest BCUT2D eigenvalue weighted by atomic mass is 35.5. The van der Waals surface area contributed by atoms with Gasteiger partial charge in [-0.15, -0.1) is 0 Å². The predicted molar refractivity (Wildman–Crippen MR) is 97.5 cm³/mol. The second-order valence-electron chi connectivity index (χ2n) is 5.59. The number of hydrogen-bond acceptors (Lipinski definition) is 4.